The van der Waals surface area contributed by atoms with Crippen molar-refractivity contribution in [2.24, 2.45) is 0 Å². The van der Waals surface area contributed by atoms with E-state index in [1.54, 1.807) is 24.3 Å². The molecule has 0 spiro atoms. The molecule has 0 bridgehead atoms. The molecular weight excluding hydrogens is 338 g/mol. The number of aliphatic hydroxyl groups excluding tert-OH is 1. The van der Waals surface area contributed by atoms with Crippen LogP contribution in [0.1, 0.15) is 11.7 Å². The van der Waals surface area contributed by atoms with Crippen molar-refractivity contribution >= 4 is 15.7 Å². The van der Waals surface area contributed by atoms with Crippen LogP contribution in [0.15, 0.2) is 47.4 Å². The van der Waals surface area contributed by atoms with E-state index < -0.39 is 39.2 Å². The molecule has 0 fully saturated rings. The van der Waals surface area contributed by atoms with Crippen LogP contribution in [0.2, 0.25) is 0 Å². The van der Waals surface area contributed by atoms with Crippen LogP contribution in [0, 0.1) is 11.6 Å². The molecule has 0 saturated heterocycles. The smallest absolute Gasteiger partial charge is 0.246 e. The summed E-state index contributed by atoms with van der Waals surface area (Å²) in [4.78, 5) is 0.819. The molecule has 2 aromatic rings. The first-order valence-corrected chi connectivity index (χ1v) is 8.59. The van der Waals surface area contributed by atoms with E-state index in [4.69, 9.17) is 0 Å². The maximum absolute atomic E-state index is 13.6. The van der Waals surface area contributed by atoms with Crippen molar-refractivity contribution < 1.29 is 22.3 Å². The number of benzene rings is 2. The van der Waals surface area contributed by atoms with E-state index >= 15 is 0 Å². The lowest BCUT2D eigenvalue weighted by atomic mass is 10.1. The van der Waals surface area contributed by atoms with Crippen LogP contribution in [0.25, 0.3) is 0 Å². The van der Waals surface area contributed by atoms with Gasteiger partial charge in [-0.3, -0.25) is 0 Å². The third-order valence-corrected chi connectivity index (χ3v) is 4.92. The summed E-state index contributed by atoms with van der Waals surface area (Å²) < 4.78 is 53.3. The molecule has 8 heteroatoms. The Kier molecular flexibility index (Phi) is 5.53. The van der Waals surface area contributed by atoms with E-state index in [-0.39, 0.29) is 0 Å². The second kappa shape index (κ2) is 7.25. The number of halogens is 2. The molecule has 5 nitrogen and oxygen atoms in total. The van der Waals surface area contributed by atoms with Crippen LogP contribution in [0.4, 0.5) is 14.5 Å². The van der Waals surface area contributed by atoms with E-state index in [1.165, 1.54) is 0 Å². The Bertz CT molecular complexity index is 788. The molecule has 0 aliphatic heterocycles. The molecule has 0 amide bonds. The van der Waals surface area contributed by atoms with E-state index in [0.29, 0.717) is 5.56 Å². The molecular formula is C16H18F2N2O3S. The van der Waals surface area contributed by atoms with Crippen LogP contribution in [0.5, 0.6) is 0 Å². The first-order chi connectivity index (χ1) is 11.2. The molecule has 0 aliphatic carbocycles. The molecule has 2 N–H and O–H groups in total. The molecule has 0 radical (unpaired) electrons. The summed E-state index contributed by atoms with van der Waals surface area (Å²) >= 11 is 0. The SMILES string of the molecule is CN(C)c1ccc(C(O)CNS(=O)(=O)c2c(F)cccc2F)cc1. The number of hydrogen-bond acceptors (Lipinski definition) is 4. The number of nitrogens with zero attached hydrogens (tertiary/aromatic N) is 1. The summed E-state index contributed by atoms with van der Waals surface area (Å²) in [6.45, 7) is -0.405. The molecule has 0 saturated carbocycles. The minimum atomic E-state index is -4.41. The van der Waals surface area contributed by atoms with Crippen molar-refractivity contribution in [3.8, 4) is 0 Å². The van der Waals surface area contributed by atoms with Gasteiger partial charge in [-0.05, 0) is 29.8 Å². The Labute approximate surface area is 139 Å². The van der Waals surface area contributed by atoms with Crippen molar-refractivity contribution in [3.05, 3.63) is 59.7 Å². The fourth-order valence-corrected chi connectivity index (χ4v) is 3.28. The highest BCUT2D eigenvalue weighted by Gasteiger charge is 2.24. The first-order valence-electron chi connectivity index (χ1n) is 7.11. The summed E-state index contributed by atoms with van der Waals surface area (Å²) in [7, 11) is -0.687. The highest BCUT2D eigenvalue weighted by atomic mass is 32.2. The number of rotatable bonds is 6. The predicted octanol–water partition coefficient (Wildman–Crippen LogP) is 2.04. The van der Waals surface area contributed by atoms with Gasteiger partial charge in [-0.1, -0.05) is 18.2 Å². The van der Waals surface area contributed by atoms with E-state index in [2.05, 4.69) is 0 Å². The van der Waals surface area contributed by atoms with Gasteiger partial charge in [-0.2, -0.15) is 0 Å². The lowest BCUT2D eigenvalue weighted by Gasteiger charge is -2.16. The summed E-state index contributed by atoms with van der Waals surface area (Å²) in [6.07, 6.45) is -1.15. The number of nitrogens with one attached hydrogen (secondary N) is 1. The van der Waals surface area contributed by atoms with Gasteiger partial charge in [0.25, 0.3) is 0 Å². The number of aliphatic hydroxyl groups is 1. The lowest BCUT2D eigenvalue weighted by molar-refractivity contribution is 0.182. The Balaban J connectivity index is 2.11. The summed E-state index contributed by atoms with van der Waals surface area (Å²) in [5, 5.41) is 10.1. The average Bonchev–Trinajstić information content (AvgIpc) is 2.52. The van der Waals surface area contributed by atoms with Gasteiger partial charge in [0.15, 0.2) is 4.90 Å². The zero-order chi connectivity index (χ0) is 17.9. The minimum absolute atomic E-state index is 0.405. The zero-order valence-electron chi connectivity index (χ0n) is 13.2. The zero-order valence-corrected chi connectivity index (χ0v) is 14.0. The fraction of sp³-hybridized carbons (Fsp3) is 0.250. The molecule has 2 aromatic carbocycles. The Morgan fingerprint density at radius 1 is 1.08 bits per heavy atom. The normalized spacial score (nSPS) is 12.9. The summed E-state index contributed by atoms with van der Waals surface area (Å²) in [6, 6.07) is 9.62. The largest absolute Gasteiger partial charge is 0.387 e. The van der Waals surface area contributed by atoms with Crippen LogP contribution in [0.3, 0.4) is 0 Å². The van der Waals surface area contributed by atoms with E-state index in [0.717, 1.165) is 23.9 Å². The van der Waals surface area contributed by atoms with E-state index in [9.17, 15) is 22.3 Å². The van der Waals surface area contributed by atoms with Crippen LogP contribution in [-0.2, 0) is 10.0 Å². The number of sulfonamides is 1. The molecule has 0 aliphatic rings. The monoisotopic (exact) mass is 356 g/mol. The molecule has 2 rings (SSSR count). The van der Waals surface area contributed by atoms with Gasteiger partial charge in [0, 0.05) is 26.3 Å². The van der Waals surface area contributed by atoms with Crippen molar-refractivity contribution in [1.29, 1.82) is 0 Å². The lowest BCUT2D eigenvalue weighted by Crippen LogP contribution is -2.30. The standard InChI is InChI=1S/C16H18F2N2O3S/c1-20(2)12-8-6-11(7-9-12)15(21)10-19-24(22,23)16-13(17)4-3-5-14(16)18/h3-9,15,19,21H,10H2,1-2H3. The topological polar surface area (TPSA) is 69.6 Å². The van der Waals surface area contributed by atoms with Gasteiger partial charge in [0.2, 0.25) is 10.0 Å². The van der Waals surface area contributed by atoms with Gasteiger partial charge in [-0.15, -0.1) is 0 Å². The molecule has 1 atom stereocenters. The molecule has 0 aromatic heterocycles. The Morgan fingerprint density at radius 2 is 1.62 bits per heavy atom. The van der Waals surface area contributed by atoms with E-state index in [1.807, 2.05) is 23.7 Å². The molecule has 1 unspecified atom stereocenters. The quantitative estimate of drug-likeness (QED) is 0.831. The molecule has 24 heavy (non-hydrogen) atoms. The van der Waals surface area contributed by atoms with Crippen LogP contribution in [-0.4, -0.2) is 34.2 Å². The maximum atomic E-state index is 13.6. The fourth-order valence-electron chi connectivity index (χ4n) is 2.11. The minimum Gasteiger partial charge on any atom is -0.387 e. The van der Waals surface area contributed by atoms with Gasteiger partial charge in [0.1, 0.15) is 11.6 Å². The van der Waals surface area contributed by atoms with Crippen LogP contribution >= 0.6 is 0 Å². The predicted molar refractivity (Wildman–Crippen MR) is 87.3 cm³/mol. The second-order valence-corrected chi connectivity index (χ2v) is 7.11. The Hall–Kier alpha value is -2.03. The number of hydrogen-bond donors (Lipinski definition) is 2. The maximum Gasteiger partial charge on any atom is 0.246 e. The second-order valence-electron chi connectivity index (χ2n) is 5.40. The first kappa shape index (κ1) is 18.3. The molecule has 130 valence electrons. The highest BCUT2D eigenvalue weighted by molar-refractivity contribution is 7.89. The van der Waals surface area contributed by atoms with Crippen molar-refractivity contribution in [2.45, 2.75) is 11.0 Å². The Morgan fingerprint density at radius 3 is 2.12 bits per heavy atom. The van der Waals surface area contributed by atoms with Gasteiger partial charge >= 0.3 is 0 Å². The van der Waals surface area contributed by atoms with Gasteiger partial charge < -0.3 is 10.0 Å². The highest BCUT2D eigenvalue weighted by Crippen LogP contribution is 2.20. The summed E-state index contributed by atoms with van der Waals surface area (Å²) in [5.41, 5.74) is 1.40. The van der Waals surface area contributed by atoms with Crippen LogP contribution < -0.4 is 9.62 Å². The molecule has 0 heterocycles. The van der Waals surface area contributed by atoms with Crippen molar-refractivity contribution in [3.63, 3.8) is 0 Å². The van der Waals surface area contributed by atoms with Gasteiger partial charge in [-0.25, -0.2) is 21.9 Å². The number of anilines is 1. The van der Waals surface area contributed by atoms with Crippen molar-refractivity contribution in [2.75, 3.05) is 25.5 Å². The summed E-state index contributed by atoms with van der Waals surface area (Å²) in [5.74, 6) is -2.38. The average molecular weight is 356 g/mol. The third kappa shape index (κ3) is 4.08. The third-order valence-electron chi connectivity index (χ3n) is 3.45. The van der Waals surface area contributed by atoms with Crippen molar-refractivity contribution in [1.82, 2.24) is 4.72 Å². The van der Waals surface area contributed by atoms with Gasteiger partial charge in [0.05, 0.1) is 6.10 Å².